The van der Waals surface area contributed by atoms with E-state index >= 15 is 0 Å². The van der Waals surface area contributed by atoms with E-state index in [0.29, 0.717) is 0 Å². The Balaban J connectivity index is 2.09. The number of carbonyl (C=O) groups excluding carboxylic acids is 2. The van der Waals surface area contributed by atoms with Gasteiger partial charge in [-0.25, -0.2) is 0 Å². The molecule has 1 saturated carbocycles. The summed E-state index contributed by atoms with van der Waals surface area (Å²) in [7, 11) is 0. The highest BCUT2D eigenvalue weighted by molar-refractivity contribution is 6.10. The van der Waals surface area contributed by atoms with Crippen molar-refractivity contribution in [1.29, 1.82) is 0 Å². The summed E-state index contributed by atoms with van der Waals surface area (Å²) in [6, 6.07) is 9.85. The Kier molecular flexibility index (Phi) is 3.13. The van der Waals surface area contributed by atoms with Crippen LogP contribution in [0.3, 0.4) is 0 Å². The topological polar surface area (TPSA) is 46.2 Å². The Labute approximate surface area is 113 Å². The van der Waals surface area contributed by atoms with Crippen molar-refractivity contribution < 1.29 is 9.59 Å². The number of fused-ring (bicyclic) bond motifs is 1. The molecule has 1 heterocycles. The number of hydrogen-bond donors (Lipinski definition) is 1. The van der Waals surface area contributed by atoms with Crippen molar-refractivity contribution in [3.8, 4) is 0 Å². The van der Waals surface area contributed by atoms with Crippen LogP contribution in [0.5, 0.6) is 0 Å². The zero-order valence-corrected chi connectivity index (χ0v) is 11.0. The summed E-state index contributed by atoms with van der Waals surface area (Å²) in [5, 5.41) is 2.58. The second kappa shape index (κ2) is 4.80. The van der Waals surface area contributed by atoms with Crippen LogP contribution in [0.1, 0.15) is 44.1 Å². The van der Waals surface area contributed by atoms with Gasteiger partial charge in [0.15, 0.2) is 0 Å². The van der Waals surface area contributed by atoms with Crippen molar-refractivity contribution >= 4 is 11.8 Å². The van der Waals surface area contributed by atoms with Gasteiger partial charge in [0.2, 0.25) is 11.8 Å². The van der Waals surface area contributed by atoms with Gasteiger partial charge in [0.05, 0.1) is 11.3 Å². The van der Waals surface area contributed by atoms with Gasteiger partial charge in [0.1, 0.15) is 0 Å². The lowest BCUT2D eigenvalue weighted by Crippen LogP contribution is -2.40. The highest BCUT2D eigenvalue weighted by Gasteiger charge is 2.55. The van der Waals surface area contributed by atoms with E-state index in [1.54, 1.807) is 0 Å². The van der Waals surface area contributed by atoms with Crippen LogP contribution in [0.25, 0.3) is 0 Å². The predicted molar refractivity (Wildman–Crippen MR) is 72.5 cm³/mol. The van der Waals surface area contributed by atoms with E-state index in [1.807, 2.05) is 30.3 Å². The molecule has 100 valence electrons. The zero-order valence-electron chi connectivity index (χ0n) is 11.0. The molecule has 2 aliphatic rings. The molecule has 0 spiro atoms. The second-order valence-corrected chi connectivity index (χ2v) is 5.66. The first-order valence-corrected chi connectivity index (χ1v) is 7.16. The first-order valence-electron chi connectivity index (χ1n) is 7.16. The zero-order chi connectivity index (χ0) is 13.3. The van der Waals surface area contributed by atoms with E-state index in [9.17, 15) is 9.59 Å². The molecule has 2 atom stereocenters. The smallest absolute Gasteiger partial charge is 0.238 e. The van der Waals surface area contributed by atoms with E-state index in [1.165, 1.54) is 6.42 Å². The molecule has 1 aliphatic heterocycles. The van der Waals surface area contributed by atoms with Gasteiger partial charge < -0.3 is 0 Å². The molecule has 1 N–H and O–H groups in total. The molecule has 2 fully saturated rings. The minimum absolute atomic E-state index is 0.0734. The van der Waals surface area contributed by atoms with Gasteiger partial charge >= 0.3 is 0 Å². The van der Waals surface area contributed by atoms with Gasteiger partial charge in [-0.05, 0) is 18.4 Å². The number of nitrogens with one attached hydrogen (secondary N) is 1. The second-order valence-electron chi connectivity index (χ2n) is 5.66. The molecule has 0 bridgehead atoms. The van der Waals surface area contributed by atoms with Crippen LogP contribution in [0.4, 0.5) is 0 Å². The Morgan fingerprint density at radius 1 is 1.00 bits per heavy atom. The molecule has 3 rings (SSSR count). The minimum atomic E-state index is -0.612. The fourth-order valence-corrected chi connectivity index (χ4v) is 3.68. The van der Waals surface area contributed by atoms with E-state index < -0.39 is 5.41 Å². The lowest BCUT2D eigenvalue weighted by molar-refractivity contribution is -0.126. The number of rotatable bonds is 1. The summed E-state index contributed by atoms with van der Waals surface area (Å²) in [5.41, 5.74) is 0.393. The van der Waals surface area contributed by atoms with E-state index in [2.05, 4.69) is 5.32 Å². The Hall–Kier alpha value is -1.64. The third kappa shape index (κ3) is 1.88. The summed E-state index contributed by atoms with van der Waals surface area (Å²) in [6.07, 6.45) is 6.00. The van der Waals surface area contributed by atoms with E-state index in [0.717, 1.165) is 37.7 Å². The van der Waals surface area contributed by atoms with Crippen LogP contribution in [0.2, 0.25) is 0 Å². The Morgan fingerprint density at radius 2 is 1.74 bits per heavy atom. The molecule has 1 saturated heterocycles. The molecule has 3 heteroatoms. The van der Waals surface area contributed by atoms with Gasteiger partial charge in [0, 0.05) is 0 Å². The van der Waals surface area contributed by atoms with Crippen LogP contribution in [0, 0.1) is 5.92 Å². The van der Waals surface area contributed by atoms with Crippen molar-refractivity contribution in [2.45, 2.75) is 43.9 Å². The van der Waals surface area contributed by atoms with Gasteiger partial charge in [-0.1, -0.05) is 56.0 Å². The molecule has 2 amide bonds. The molecule has 1 aliphatic carbocycles. The van der Waals surface area contributed by atoms with Crippen molar-refractivity contribution in [3.63, 3.8) is 0 Å². The normalized spacial score (nSPS) is 31.3. The molecule has 1 aromatic rings. The quantitative estimate of drug-likeness (QED) is 0.786. The fourth-order valence-electron chi connectivity index (χ4n) is 3.68. The SMILES string of the molecule is O=C1NC(=O)C2(c3ccccc3)CCCCCCC12. The standard InChI is InChI=1S/C16H19NO2/c18-14-13-10-6-1-2-7-11-16(13,15(19)17-14)12-8-4-3-5-9-12/h3-5,8-9,13H,1-2,6-7,10-11H2,(H,17,18,19). The molecular weight excluding hydrogens is 238 g/mol. The summed E-state index contributed by atoms with van der Waals surface area (Å²) >= 11 is 0. The summed E-state index contributed by atoms with van der Waals surface area (Å²) in [6.45, 7) is 0. The molecule has 2 unspecified atom stereocenters. The monoisotopic (exact) mass is 257 g/mol. The number of amides is 2. The van der Waals surface area contributed by atoms with E-state index in [-0.39, 0.29) is 17.7 Å². The van der Waals surface area contributed by atoms with Crippen molar-refractivity contribution in [2.24, 2.45) is 5.92 Å². The van der Waals surface area contributed by atoms with Gasteiger partial charge in [0.25, 0.3) is 0 Å². The molecule has 0 aromatic heterocycles. The van der Waals surface area contributed by atoms with Crippen LogP contribution in [-0.2, 0) is 15.0 Å². The van der Waals surface area contributed by atoms with Gasteiger partial charge in [-0.2, -0.15) is 0 Å². The van der Waals surface area contributed by atoms with Crippen LogP contribution in [-0.4, -0.2) is 11.8 Å². The Bertz CT molecular complexity index is 497. The van der Waals surface area contributed by atoms with Crippen LogP contribution < -0.4 is 5.32 Å². The van der Waals surface area contributed by atoms with Gasteiger partial charge in [-0.15, -0.1) is 0 Å². The first kappa shape index (κ1) is 12.4. The van der Waals surface area contributed by atoms with Crippen molar-refractivity contribution in [1.82, 2.24) is 5.32 Å². The number of benzene rings is 1. The van der Waals surface area contributed by atoms with Crippen molar-refractivity contribution in [2.75, 3.05) is 0 Å². The molecule has 3 nitrogen and oxygen atoms in total. The third-order valence-electron chi connectivity index (χ3n) is 4.66. The predicted octanol–water partition coefficient (Wildman–Crippen LogP) is 2.55. The first-order chi connectivity index (χ1) is 9.25. The lowest BCUT2D eigenvalue weighted by Gasteiger charge is -2.33. The third-order valence-corrected chi connectivity index (χ3v) is 4.66. The maximum absolute atomic E-state index is 12.5. The highest BCUT2D eigenvalue weighted by atomic mass is 16.2. The summed E-state index contributed by atoms with van der Waals surface area (Å²) < 4.78 is 0. The van der Waals surface area contributed by atoms with Crippen LogP contribution >= 0.6 is 0 Å². The van der Waals surface area contributed by atoms with E-state index in [4.69, 9.17) is 0 Å². The molecule has 19 heavy (non-hydrogen) atoms. The minimum Gasteiger partial charge on any atom is -0.295 e. The Morgan fingerprint density at radius 3 is 2.53 bits per heavy atom. The van der Waals surface area contributed by atoms with Gasteiger partial charge in [-0.3, -0.25) is 14.9 Å². The number of hydrogen-bond acceptors (Lipinski definition) is 2. The maximum Gasteiger partial charge on any atom is 0.238 e. The maximum atomic E-state index is 12.5. The molecule has 1 aromatic carbocycles. The van der Waals surface area contributed by atoms with Crippen LogP contribution in [0.15, 0.2) is 30.3 Å². The summed E-state index contributed by atoms with van der Waals surface area (Å²) in [4.78, 5) is 24.6. The molecule has 0 radical (unpaired) electrons. The number of imide groups is 1. The average molecular weight is 257 g/mol. The molecular formula is C16H19NO2. The highest BCUT2D eigenvalue weighted by Crippen LogP contribution is 2.45. The van der Waals surface area contributed by atoms with Crippen molar-refractivity contribution in [3.05, 3.63) is 35.9 Å². The fraction of sp³-hybridized carbons (Fsp3) is 0.500. The number of carbonyl (C=O) groups is 2. The lowest BCUT2D eigenvalue weighted by atomic mass is 9.66. The summed E-state index contributed by atoms with van der Waals surface area (Å²) in [5.74, 6) is -0.339. The largest absolute Gasteiger partial charge is 0.295 e. The average Bonchev–Trinajstić information content (AvgIpc) is 2.61.